The summed E-state index contributed by atoms with van der Waals surface area (Å²) in [7, 11) is 1.00. The van der Waals surface area contributed by atoms with Crippen LogP contribution < -0.4 is 10.4 Å². The molecule has 1 rings (SSSR count). The van der Waals surface area contributed by atoms with Crippen molar-refractivity contribution in [3.05, 3.63) is 0 Å². The summed E-state index contributed by atoms with van der Waals surface area (Å²) < 4.78 is 10.1. The predicted octanol–water partition coefficient (Wildman–Crippen LogP) is -4.41. The van der Waals surface area contributed by atoms with Gasteiger partial charge in [-0.3, -0.25) is 5.32 Å². The third-order valence-corrected chi connectivity index (χ3v) is 4.29. The second kappa shape index (κ2) is 9.67. The average Bonchev–Trinajstić information content (AvgIpc) is 2.59. The number of carboxylic acids is 1. The highest BCUT2D eigenvalue weighted by molar-refractivity contribution is 5.75. The maximum atomic E-state index is 11.4. The quantitative estimate of drug-likeness (QED) is 0.201. The maximum absolute atomic E-state index is 11.4. The summed E-state index contributed by atoms with van der Waals surface area (Å²) in [6, 6.07) is -1.23. The van der Waals surface area contributed by atoms with Crippen molar-refractivity contribution in [1.29, 1.82) is 0 Å². The number of rotatable bonds is 10. The van der Waals surface area contributed by atoms with E-state index < -0.39 is 61.5 Å². The number of hydrogen-bond donors (Lipinski definition) is 6. The molecule has 1 fully saturated rings. The topological polar surface area (TPSA) is 189 Å². The zero-order valence-electron chi connectivity index (χ0n) is 14.6. The normalized spacial score (nSPS) is 32.7. The Bertz CT molecular complexity index is 489. The highest BCUT2D eigenvalue weighted by atomic mass is 16.7. The summed E-state index contributed by atoms with van der Waals surface area (Å²) in [5.74, 6) is -4.36. The van der Waals surface area contributed by atoms with Crippen LogP contribution in [0.1, 0.15) is 26.2 Å². The van der Waals surface area contributed by atoms with E-state index in [2.05, 4.69) is 5.32 Å². The molecule has 0 spiro atoms. The van der Waals surface area contributed by atoms with Crippen LogP contribution in [0.5, 0.6) is 0 Å². The Morgan fingerprint density at radius 3 is 2.46 bits per heavy atom. The molecule has 1 saturated heterocycles. The first-order valence-corrected chi connectivity index (χ1v) is 8.11. The molecule has 0 aromatic heterocycles. The van der Waals surface area contributed by atoms with Crippen LogP contribution in [0.15, 0.2) is 0 Å². The summed E-state index contributed by atoms with van der Waals surface area (Å²) in [6.07, 6.45) is -8.40. The van der Waals surface area contributed by atoms with Crippen LogP contribution >= 0.6 is 0 Å². The molecule has 0 radical (unpaired) electrons. The van der Waals surface area contributed by atoms with Gasteiger partial charge in [0.25, 0.3) is 0 Å². The Labute approximate surface area is 150 Å². The number of methoxy groups -OCH3 is 1. The minimum Gasteiger partial charge on any atom is -0.544 e. The summed E-state index contributed by atoms with van der Waals surface area (Å²) in [6.45, 7) is 0.476. The van der Waals surface area contributed by atoms with Gasteiger partial charge < -0.3 is 49.7 Å². The van der Waals surface area contributed by atoms with E-state index in [-0.39, 0.29) is 18.6 Å². The van der Waals surface area contributed by atoms with Gasteiger partial charge in [-0.15, -0.1) is 0 Å². The molecule has 1 aliphatic heterocycles. The second-order valence-electron chi connectivity index (χ2n) is 6.29. The highest BCUT2D eigenvalue weighted by Gasteiger charge is 2.51. The number of nitrogens with one attached hydrogen (secondary N) is 1. The highest BCUT2D eigenvalue weighted by Crippen LogP contribution is 2.32. The average molecular weight is 380 g/mol. The number of aliphatic carboxylic acids is 1. The first kappa shape index (κ1) is 22.9. The van der Waals surface area contributed by atoms with Crippen molar-refractivity contribution in [3.8, 4) is 0 Å². The number of ether oxygens (including phenoxy) is 2. The molecule has 152 valence electrons. The molecule has 1 aliphatic rings. The van der Waals surface area contributed by atoms with Crippen molar-refractivity contribution in [2.45, 2.75) is 68.7 Å². The van der Waals surface area contributed by atoms with Crippen LogP contribution in [0.25, 0.3) is 0 Å². The van der Waals surface area contributed by atoms with Crippen LogP contribution in [-0.2, 0) is 19.1 Å². The molecule has 2 unspecified atom stereocenters. The summed E-state index contributed by atoms with van der Waals surface area (Å²) >= 11 is 0. The first-order chi connectivity index (χ1) is 12.1. The number of hydrogen-bond acceptors (Lipinski definition) is 11. The fourth-order valence-corrected chi connectivity index (χ4v) is 2.77. The standard InChI is InChI=1S/C15H27NO10/c1-7(18)3-4-10(21)16-11-8(19)5-15(25-2,14(23)24)26-13(11)12(22)9(20)6-17/h8-13,16-17,19-22H,3-6H2,1-2H3,(H,23,24)/p-1/t8?,9-,10+,11-,12-,13+,15?/m1/s1. The van der Waals surface area contributed by atoms with Gasteiger partial charge in [0.1, 0.15) is 36.3 Å². The van der Waals surface area contributed by atoms with Crippen molar-refractivity contribution >= 4 is 11.8 Å². The molecule has 11 nitrogen and oxygen atoms in total. The molecular formula is C15H26NO10-. The Morgan fingerprint density at radius 1 is 1.38 bits per heavy atom. The number of aliphatic hydroxyl groups is 5. The van der Waals surface area contributed by atoms with Crippen molar-refractivity contribution < 1.29 is 49.7 Å². The first-order valence-electron chi connectivity index (χ1n) is 8.11. The third kappa shape index (κ3) is 5.41. The van der Waals surface area contributed by atoms with Crippen molar-refractivity contribution in [1.82, 2.24) is 5.32 Å². The van der Waals surface area contributed by atoms with Gasteiger partial charge in [0, 0.05) is 20.0 Å². The van der Waals surface area contributed by atoms with Gasteiger partial charge >= 0.3 is 0 Å². The maximum Gasteiger partial charge on any atom is 0.212 e. The lowest BCUT2D eigenvalue weighted by Gasteiger charge is -2.49. The lowest BCUT2D eigenvalue weighted by atomic mass is 9.88. The van der Waals surface area contributed by atoms with Gasteiger partial charge in [-0.2, -0.15) is 0 Å². The smallest absolute Gasteiger partial charge is 0.212 e. The molecule has 26 heavy (non-hydrogen) atoms. The van der Waals surface area contributed by atoms with Crippen molar-refractivity contribution in [2.24, 2.45) is 0 Å². The number of Topliss-reactive ketones (excluding diaryl/α,β-unsaturated/α-hetero) is 1. The Kier molecular flexibility index (Phi) is 8.50. The zero-order valence-corrected chi connectivity index (χ0v) is 14.6. The van der Waals surface area contributed by atoms with Gasteiger partial charge in [-0.25, -0.2) is 0 Å². The van der Waals surface area contributed by atoms with E-state index in [1.165, 1.54) is 6.92 Å². The van der Waals surface area contributed by atoms with Gasteiger partial charge in [-0.1, -0.05) is 0 Å². The van der Waals surface area contributed by atoms with Crippen molar-refractivity contribution in [2.75, 3.05) is 13.7 Å². The molecule has 1 heterocycles. The fraction of sp³-hybridized carbons (Fsp3) is 0.867. The number of carbonyl (C=O) groups is 2. The monoisotopic (exact) mass is 380 g/mol. The van der Waals surface area contributed by atoms with Crippen LogP contribution in [-0.4, -0.2) is 93.5 Å². The SMILES string of the molecule is COC1(C(=O)[O-])CC(O)[C@@H](N[C@@H](O)CCC(C)=O)[C@@H]([C@H](O)[C@H](O)CO)O1. The molecule has 0 saturated carbocycles. The molecule has 0 aliphatic carbocycles. The lowest BCUT2D eigenvalue weighted by molar-refractivity contribution is -0.378. The van der Waals surface area contributed by atoms with Crippen molar-refractivity contribution in [3.63, 3.8) is 0 Å². The number of carboxylic acid groups (broad SMARTS) is 1. The summed E-state index contributed by atoms with van der Waals surface area (Å²) in [4.78, 5) is 22.4. The van der Waals surface area contributed by atoms with Gasteiger partial charge in [0.15, 0.2) is 0 Å². The van der Waals surface area contributed by atoms with E-state index in [0.717, 1.165) is 7.11 Å². The minimum absolute atomic E-state index is 0.000170. The molecule has 7 atom stereocenters. The van der Waals surface area contributed by atoms with E-state index >= 15 is 0 Å². The van der Waals surface area contributed by atoms with E-state index in [0.29, 0.717) is 0 Å². The third-order valence-electron chi connectivity index (χ3n) is 4.29. The van der Waals surface area contributed by atoms with Crippen LogP contribution in [0.3, 0.4) is 0 Å². The number of aliphatic hydroxyl groups excluding tert-OH is 5. The van der Waals surface area contributed by atoms with Gasteiger partial charge in [0.2, 0.25) is 5.79 Å². The molecule has 0 aromatic rings. The summed E-state index contributed by atoms with van der Waals surface area (Å²) in [5, 5.41) is 63.1. The largest absolute Gasteiger partial charge is 0.544 e. The van der Waals surface area contributed by atoms with Crippen LogP contribution in [0, 0.1) is 0 Å². The van der Waals surface area contributed by atoms with Crippen LogP contribution in [0.4, 0.5) is 0 Å². The molecule has 0 bridgehead atoms. The van der Waals surface area contributed by atoms with Crippen LogP contribution in [0.2, 0.25) is 0 Å². The molecular weight excluding hydrogens is 354 g/mol. The molecule has 0 amide bonds. The fourth-order valence-electron chi connectivity index (χ4n) is 2.77. The van der Waals surface area contributed by atoms with E-state index in [1.54, 1.807) is 0 Å². The number of ketones is 1. The summed E-state index contributed by atoms with van der Waals surface area (Å²) in [5.41, 5.74) is 0. The predicted molar refractivity (Wildman–Crippen MR) is 82.2 cm³/mol. The second-order valence-corrected chi connectivity index (χ2v) is 6.29. The Morgan fingerprint density at radius 2 is 2.00 bits per heavy atom. The lowest BCUT2D eigenvalue weighted by Crippen LogP contribution is -2.69. The molecule has 0 aromatic carbocycles. The Hall–Kier alpha value is -1.18. The molecule has 6 N–H and O–H groups in total. The van der Waals surface area contributed by atoms with E-state index in [9.17, 15) is 35.1 Å². The Balaban J connectivity index is 3.04. The van der Waals surface area contributed by atoms with Gasteiger partial charge in [-0.05, 0) is 13.3 Å². The number of carbonyl (C=O) groups excluding carboxylic acids is 2. The van der Waals surface area contributed by atoms with E-state index in [4.69, 9.17) is 14.6 Å². The zero-order chi connectivity index (χ0) is 20.1. The minimum atomic E-state index is -2.39. The van der Waals surface area contributed by atoms with E-state index in [1.807, 2.05) is 0 Å². The molecule has 11 heteroatoms. The van der Waals surface area contributed by atoms with Gasteiger partial charge in [0.05, 0.1) is 18.8 Å².